The molecule has 3 heterocycles. The standard InChI is InChI=1S/C17H24Cl2N4O3/c1-22(16-20-14(18)10-15(19)21-16)13-8-11-4-3-5-12(9-13)23(11)17(24)26-7-6-25-2/h10-13H,3-9H2,1-2H3/t11-,12+,13-. The molecule has 3 rings (SSSR count). The minimum Gasteiger partial charge on any atom is -0.447 e. The predicted molar refractivity (Wildman–Crippen MR) is 100.0 cm³/mol. The molecule has 144 valence electrons. The Balaban J connectivity index is 1.69. The van der Waals surface area contributed by atoms with Crippen LogP contribution in [0.5, 0.6) is 0 Å². The van der Waals surface area contributed by atoms with E-state index in [0.717, 1.165) is 32.1 Å². The molecule has 0 radical (unpaired) electrons. The summed E-state index contributed by atoms with van der Waals surface area (Å²) >= 11 is 12.0. The van der Waals surface area contributed by atoms with E-state index in [9.17, 15) is 4.79 Å². The van der Waals surface area contributed by atoms with Crippen LogP contribution in [0, 0.1) is 0 Å². The van der Waals surface area contributed by atoms with E-state index in [1.54, 1.807) is 7.11 Å². The Morgan fingerprint density at radius 1 is 1.23 bits per heavy atom. The number of hydrogen-bond acceptors (Lipinski definition) is 6. The van der Waals surface area contributed by atoms with Crippen LogP contribution in [0.4, 0.5) is 10.7 Å². The Bertz CT molecular complexity index is 614. The summed E-state index contributed by atoms with van der Waals surface area (Å²) in [7, 11) is 3.54. The topological polar surface area (TPSA) is 67.8 Å². The van der Waals surface area contributed by atoms with Crippen LogP contribution in [-0.2, 0) is 9.47 Å². The normalized spacial score (nSPS) is 25.1. The zero-order chi connectivity index (χ0) is 18.7. The molecule has 1 aromatic rings. The van der Waals surface area contributed by atoms with Crippen molar-refractivity contribution in [1.82, 2.24) is 14.9 Å². The second kappa shape index (κ2) is 8.59. The monoisotopic (exact) mass is 402 g/mol. The Morgan fingerprint density at radius 3 is 2.42 bits per heavy atom. The van der Waals surface area contributed by atoms with Gasteiger partial charge in [0.2, 0.25) is 5.95 Å². The number of carbonyl (C=O) groups excluding carboxylic acids is 1. The highest BCUT2D eigenvalue weighted by molar-refractivity contribution is 6.33. The number of carbonyl (C=O) groups is 1. The number of aromatic nitrogens is 2. The van der Waals surface area contributed by atoms with Crippen molar-refractivity contribution in [2.45, 2.75) is 50.2 Å². The summed E-state index contributed by atoms with van der Waals surface area (Å²) in [5.74, 6) is 0.515. The molecular formula is C17H24Cl2N4O3. The van der Waals surface area contributed by atoms with Gasteiger partial charge in [0.05, 0.1) is 6.61 Å². The number of nitrogens with zero attached hydrogens (tertiary/aromatic N) is 4. The van der Waals surface area contributed by atoms with Crippen molar-refractivity contribution in [3.05, 3.63) is 16.4 Å². The van der Waals surface area contributed by atoms with E-state index in [0.29, 0.717) is 22.9 Å². The molecule has 0 aromatic carbocycles. The number of ether oxygens (including phenoxy) is 2. The lowest BCUT2D eigenvalue weighted by Gasteiger charge is -2.49. The fraction of sp³-hybridized carbons (Fsp3) is 0.706. The summed E-state index contributed by atoms with van der Waals surface area (Å²) in [5.41, 5.74) is 0. The van der Waals surface area contributed by atoms with E-state index >= 15 is 0 Å². The second-order valence-corrected chi connectivity index (χ2v) is 7.58. The van der Waals surface area contributed by atoms with Gasteiger partial charge < -0.3 is 19.3 Å². The molecule has 2 saturated heterocycles. The van der Waals surface area contributed by atoms with Crippen LogP contribution in [0.1, 0.15) is 32.1 Å². The average Bonchev–Trinajstić information content (AvgIpc) is 2.59. The maximum Gasteiger partial charge on any atom is 0.410 e. The van der Waals surface area contributed by atoms with Gasteiger partial charge in [-0.05, 0) is 32.1 Å². The molecule has 2 aliphatic heterocycles. The molecule has 9 heteroatoms. The minimum absolute atomic E-state index is 0.166. The second-order valence-electron chi connectivity index (χ2n) is 6.80. The molecule has 2 bridgehead atoms. The number of methoxy groups -OCH3 is 1. The Labute approximate surface area is 163 Å². The summed E-state index contributed by atoms with van der Waals surface area (Å²) < 4.78 is 10.3. The molecule has 1 amide bonds. The summed E-state index contributed by atoms with van der Waals surface area (Å²) in [4.78, 5) is 25.0. The third-order valence-corrected chi connectivity index (χ3v) is 5.58. The van der Waals surface area contributed by atoms with E-state index in [1.165, 1.54) is 6.07 Å². The maximum atomic E-state index is 12.5. The largest absolute Gasteiger partial charge is 0.447 e. The summed E-state index contributed by atoms with van der Waals surface area (Å²) in [5, 5.41) is 0.650. The summed E-state index contributed by atoms with van der Waals surface area (Å²) in [6.45, 7) is 0.691. The van der Waals surface area contributed by atoms with E-state index in [-0.39, 0.29) is 30.8 Å². The lowest BCUT2D eigenvalue weighted by atomic mass is 9.81. The number of anilines is 1. The van der Waals surface area contributed by atoms with Crippen LogP contribution in [0.25, 0.3) is 0 Å². The molecule has 1 aromatic heterocycles. The van der Waals surface area contributed by atoms with Crippen molar-refractivity contribution in [3.8, 4) is 0 Å². The molecule has 3 atom stereocenters. The van der Waals surface area contributed by atoms with Gasteiger partial charge in [-0.2, -0.15) is 0 Å². The number of halogens is 2. The zero-order valence-electron chi connectivity index (χ0n) is 15.0. The van der Waals surface area contributed by atoms with Gasteiger partial charge >= 0.3 is 6.09 Å². The highest BCUT2D eigenvalue weighted by Crippen LogP contribution is 2.37. The number of fused-ring (bicyclic) bond motifs is 2. The first kappa shape index (κ1) is 19.5. The first-order chi connectivity index (χ1) is 12.5. The molecular weight excluding hydrogens is 379 g/mol. The quantitative estimate of drug-likeness (QED) is 0.555. The van der Waals surface area contributed by atoms with Crippen LogP contribution < -0.4 is 4.90 Å². The van der Waals surface area contributed by atoms with Gasteiger partial charge in [-0.25, -0.2) is 14.8 Å². The zero-order valence-corrected chi connectivity index (χ0v) is 16.5. The van der Waals surface area contributed by atoms with Gasteiger partial charge in [0.25, 0.3) is 0 Å². The Kier molecular flexibility index (Phi) is 6.42. The van der Waals surface area contributed by atoms with E-state index in [4.69, 9.17) is 32.7 Å². The number of piperidine rings is 2. The minimum atomic E-state index is -0.236. The third kappa shape index (κ3) is 4.32. The van der Waals surface area contributed by atoms with E-state index in [1.807, 2.05) is 16.8 Å². The molecule has 0 N–H and O–H groups in total. The molecule has 2 fully saturated rings. The van der Waals surface area contributed by atoms with E-state index in [2.05, 4.69) is 9.97 Å². The number of hydrogen-bond donors (Lipinski definition) is 0. The van der Waals surface area contributed by atoms with Gasteiger partial charge in [-0.15, -0.1) is 0 Å². The predicted octanol–water partition coefficient (Wildman–Crippen LogP) is 3.39. The van der Waals surface area contributed by atoms with Crippen molar-refractivity contribution in [1.29, 1.82) is 0 Å². The third-order valence-electron chi connectivity index (χ3n) is 5.19. The Hall–Kier alpha value is -1.31. The Morgan fingerprint density at radius 2 is 1.85 bits per heavy atom. The lowest BCUT2D eigenvalue weighted by Crippen LogP contribution is -2.58. The van der Waals surface area contributed by atoms with Crippen LogP contribution in [0.15, 0.2) is 6.07 Å². The molecule has 0 unspecified atom stereocenters. The van der Waals surface area contributed by atoms with Crippen LogP contribution in [0.3, 0.4) is 0 Å². The van der Waals surface area contributed by atoms with Gasteiger partial charge in [-0.1, -0.05) is 23.2 Å². The fourth-order valence-corrected chi connectivity index (χ4v) is 4.37. The molecule has 7 nitrogen and oxygen atoms in total. The summed E-state index contributed by atoms with van der Waals surface area (Å²) in [6, 6.07) is 2.08. The number of amides is 1. The molecule has 0 spiro atoms. The van der Waals surface area contributed by atoms with Crippen molar-refractivity contribution in [2.24, 2.45) is 0 Å². The maximum absolute atomic E-state index is 12.5. The number of rotatable bonds is 5. The van der Waals surface area contributed by atoms with E-state index < -0.39 is 0 Å². The highest BCUT2D eigenvalue weighted by Gasteiger charge is 2.43. The first-order valence-corrected chi connectivity index (χ1v) is 9.62. The van der Waals surface area contributed by atoms with Gasteiger partial charge in [-0.3, -0.25) is 0 Å². The van der Waals surface area contributed by atoms with Crippen LogP contribution in [0.2, 0.25) is 10.3 Å². The SMILES string of the molecule is COCCOC(=O)N1[C@@H]2CCC[C@H]1C[C@H](N(C)c1nc(Cl)cc(Cl)n1)C2. The first-order valence-electron chi connectivity index (χ1n) is 8.86. The van der Waals surface area contributed by atoms with Crippen molar-refractivity contribution >= 4 is 35.2 Å². The van der Waals surface area contributed by atoms with Crippen LogP contribution in [-0.4, -0.2) is 66.5 Å². The van der Waals surface area contributed by atoms with Crippen molar-refractivity contribution in [3.63, 3.8) is 0 Å². The molecule has 0 saturated carbocycles. The van der Waals surface area contributed by atoms with Gasteiger partial charge in [0.15, 0.2) is 0 Å². The highest BCUT2D eigenvalue weighted by atomic mass is 35.5. The fourth-order valence-electron chi connectivity index (χ4n) is 3.95. The van der Waals surface area contributed by atoms with Gasteiger partial charge in [0.1, 0.15) is 16.9 Å². The van der Waals surface area contributed by atoms with Crippen molar-refractivity contribution in [2.75, 3.05) is 32.3 Å². The lowest BCUT2D eigenvalue weighted by molar-refractivity contribution is 0.00862. The molecule has 26 heavy (non-hydrogen) atoms. The molecule has 0 aliphatic carbocycles. The van der Waals surface area contributed by atoms with Crippen LogP contribution >= 0.6 is 23.2 Å². The average molecular weight is 403 g/mol. The smallest absolute Gasteiger partial charge is 0.410 e. The summed E-state index contributed by atoms with van der Waals surface area (Å²) in [6.07, 6.45) is 4.56. The van der Waals surface area contributed by atoms with Crippen molar-refractivity contribution < 1.29 is 14.3 Å². The van der Waals surface area contributed by atoms with Gasteiger partial charge in [0, 0.05) is 38.3 Å². The molecule has 2 aliphatic rings.